The Hall–Kier alpha value is -1.46. The van der Waals surface area contributed by atoms with Gasteiger partial charge in [0.05, 0.1) is 6.61 Å². The second kappa shape index (κ2) is 8.66. The van der Waals surface area contributed by atoms with Gasteiger partial charge >= 0.3 is 0 Å². The van der Waals surface area contributed by atoms with Crippen molar-refractivity contribution in [1.82, 2.24) is 10.3 Å². The van der Waals surface area contributed by atoms with E-state index in [0.717, 1.165) is 0 Å². The fourth-order valence-corrected chi connectivity index (χ4v) is 1.78. The Kier molecular flexibility index (Phi) is 7.18. The summed E-state index contributed by atoms with van der Waals surface area (Å²) in [4.78, 5) is 5.98. The molecule has 0 radical (unpaired) electrons. The van der Waals surface area contributed by atoms with Gasteiger partial charge in [-0.1, -0.05) is 19.9 Å². The number of rotatable bonds is 9. The summed E-state index contributed by atoms with van der Waals surface area (Å²) in [6, 6.07) is 2.01. The standard InChI is InChI=1S/C15H24FN3O/c1-5-8-19(9-10-20-4)15-14(16)13(6-7-17-15)11-18-12(2)3/h5-7,12,18H,1,8-11H2,2-4H3. The van der Waals surface area contributed by atoms with Crippen LogP contribution in [0.5, 0.6) is 0 Å². The summed E-state index contributed by atoms with van der Waals surface area (Å²) >= 11 is 0. The van der Waals surface area contributed by atoms with Gasteiger partial charge in [-0.2, -0.15) is 0 Å². The van der Waals surface area contributed by atoms with Crippen LogP contribution in [0.15, 0.2) is 24.9 Å². The number of halogens is 1. The molecule has 0 aliphatic heterocycles. The third kappa shape index (κ3) is 4.90. The summed E-state index contributed by atoms with van der Waals surface area (Å²) in [5, 5.41) is 3.21. The summed E-state index contributed by atoms with van der Waals surface area (Å²) < 4.78 is 19.6. The van der Waals surface area contributed by atoms with Crippen molar-refractivity contribution in [3.8, 4) is 0 Å². The molecule has 0 aliphatic carbocycles. The van der Waals surface area contributed by atoms with Crippen molar-refractivity contribution < 1.29 is 9.13 Å². The molecule has 0 atom stereocenters. The van der Waals surface area contributed by atoms with E-state index in [0.29, 0.717) is 43.7 Å². The zero-order chi connectivity index (χ0) is 15.0. The molecule has 0 saturated heterocycles. The van der Waals surface area contributed by atoms with E-state index in [1.54, 1.807) is 25.4 Å². The van der Waals surface area contributed by atoms with Crippen molar-refractivity contribution in [2.75, 3.05) is 31.7 Å². The van der Waals surface area contributed by atoms with Crippen LogP contribution in [0.25, 0.3) is 0 Å². The van der Waals surface area contributed by atoms with Crippen molar-refractivity contribution in [2.24, 2.45) is 0 Å². The highest BCUT2D eigenvalue weighted by atomic mass is 19.1. The first kappa shape index (κ1) is 16.6. The predicted octanol–water partition coefficient (Wildman–Crippen LogP) is 2.36. The van der Waals surface area contributed by atoms with Gasteiger partial charge in [-0.15, -0.1) is 6.58 Å². The van der Waals surface area contributed by atoms with Gasteiger partial charge in [0.15, 0.2) is 11.6 Å². The maximum atomic E-state index is 14.5. The van der Waals surface area contributed by atoms with E-state index < -0.39 is 0 Å². The molecular weight excluding hydrogens is 257 g/mol. The van der Waals surface area contributed by atoms with E-state index in [1.807, 2.05) is 18.7 Å². The van der Waals surface area contributed by atoms with Gasteiger partial charge in [-0.05, 0) is 6.07 Å². The van der Waals surface area contributed by atoms with Crippen LogP contribution >= 0.6 is 0 Å². The number of ether oxygens (including phenoxy) is 1. The molecule has 4 nitrogen and oxygen atoms in total. The van der Waals surface area contributed by atoms with Gasteiger partial charge in [0.25, 0.3) is 0 Å². The molecule has 1 aromatic rings. The van der Waals surface area contributed by atoms with Crippen molar-refractivity contribution in [1.29, 1.82) is 0 Å². The topological polar surface area (TPSA) is 37.4 Å². The molecule has 1 rings (SSSR count). The Morgan fingerprint density at radius 1 is 1.55 bits per heavy atom. The lowest BCUT2D eigenvalue weighted by molar-refractivity contribution is 0.205. The quantitative estimate of drug-likeness (QED) is 0.705. The maximum Gasteiger partial charge on any atom is 0.170 e. The largest absolute Gasteiger partial charge is 0.383 e. The van der Waals surface area contributed by atoms with Crippen LogP contribution in [0.4, 0.5) is 10.2 Å². The molecule has 0 bridgehead atoms. The minimum atomic E-state index is -0.279. The second-order valence-corrected chi connectivity index (χ2v) is 4.87. The van der Waals surface area contributed by atoms with Gasteiger partial charge < -0.3 is 15.0 Å². The molecule has 5 heteroatoms. The molecule has 0 amide bonds. The van der Waals surface area contributed by atoms with Crippen molar-refractivity contribution in [2.45, 2.75) is 26.4 Å². The number of hydrogen-bond acceptors (Lipinski definition) is 4. The maximum absolute atomic E-state index is 14.5. The highest BCUT2D eigenvalue weighted by Crippen LogP contribution is 2.19. The number of nitrogens with zero attached hydrogens (tertiary/aromatic N) is 2. The first-order valence-corrected chi connectivity index (χ1v) is 6.81. The lowest BCUT2D eigenvalue weighted by atomic mass is 10.2. The zero-order valence-electron chi connectivity index (χ0n) is 12.5. The minimum Gasteiger partial charge on any atom is -0.383 e. The van der Waals surface area contributed by atoms with E-state index >= 15 is 0 Å². The average molecular weight is 281 g/mol. The van der Waals surface area contributed by atoms with Crippen molar-refractivity contribution in [3.05, 3.63) is 36.3 Å². The van der Waals surface area contributed by atoms with Crippen LogP contribution in [-0.4, -0.2) is 37.8 Å². The normalized spacial score (nSPS) is 10.8. The molecule has 1 heterocycles. The Balaban J connectivity index is 2.91. The first-order chi connectivity index (χ1) is 9.60. The van der Waals surface area contributed by atoms with Crippen LogP contribution in [0.3, 0.4) is 0 Å². The number of pyridine rings is 1. The number of aromatic nitrogens is 1. The predicted molar refractivity (Wildman–Crippen MR) is 80.5 cm³/mol. The van der Waals surface area contributed by atoms with Gasteiger partial charge in [-0.25, -0.2) is 9.37 Å². The van der Waals surface area contributed by atoms with Gasteiger partial charge in [0.1, 0.15) is 0 Å². The van der Waals surface area contributed by atoms with Crippen LogP contribution < -0.4 is 10.2 Å². The van der Waals surface area contributed by atoms with E-state index in [9.17, 15) is 4.39 Å². The number of anilines is 1. The van der Waals surface area contributed by atoms with Gasteiger partial charge in [0, 0.05) is 44.5 Å². The summed E-state index contributed by atoms with van der Waals surface area (Å²) in [6.07, 6.45) is 3.37. The fourth-order valence-electron chi connectivity index (χ4n) is 1.78. The van der Waals surface area contributed by atoms with E-state index in [4.69, 9.17) is 4.74 Å². The van der Waals surface area contributed by atoms with Crippen molar-refractivity contribution in [3.63, 3.8) is 0 Å². The van der Waals surface area contributed by atoms with Crippen LogP contribution in [-0.2, 0) is 11.3 Å². The molecule has 0 saturated carbocycles. The number of hydrogen-bond donors (Lipinski definition) is 1. The summed E-state index contributed by atoms with van der Waals surface area (Å²) in [7, 11) is 1.62. The molecule has 1 N–H and O–H groups in total. The number of nitrogens with one attached hydrogen (secondary N) is 1. The van der Waals surface area contributed by atoms with Crippen molar-refractivity contribution >= 4 is 5.82 Å². The summed E-state index contributed by atoms with van der Waals surface area (Å²) in [6.45, 7) is 9.88. The SMILES string of the molecule is C=CCN(CCOC)c1nccc(CNC(C)C)c1F. The first-order valence-electron chi connectivity index (χ1n) is 6.81. The highest BCUT2D eigenvalue weighted by molar-refractivity contribution is 5.43. The molecule has 0 fully saturated rings. The molecular formula is C15H24FN3O. The second-order valence-electron chi connectivity index (χ2n) is 4.87. The fraction of sp³-hybridized carbons (Fsp3) is 0.533. The van der Waals surface area contributed by atoms with Crippen LogP contribution in [0.2, 0.25) is 0 Å². The molecule has 0 unspecified atom stereocenters. The highest BCUT2D eigenvalue weighted by Gasteiger charge is 2.15. The Morgan fingerprint density at radius 2 is 2.30 bits per heavy atom. The molecule has 0 aliphatic rings. The molecule has 112 valence electrons. The van der Waals surface area contributed by atoms with E-state index in [-0.39, 0.29) is 5.82 Å². The Labute approximate surface area is 120 Å². The number of methoxy groups -OCH3 is 1. The minimum absolute atomic E-state index is 0.279. The molecule has 0 spiro atoms. The smallest absolute Gasteiger partial charge is 0.170 e. The van der Waals surface area contributed by atoms with Crippen LogP contribution in [0, 0.1) is 5.82 Å². The molecule has 0 aromatic carbocycles. The third-order valence-electron chi connectivity index (χ3n) is 2.87. The van der Waals surface area contributed by atoms with Crippen LogP contribution in [0.1, 0.15) is 19.4 Å². The summed E-state index contributed by atoms with van der Waals surface area (Å²) in [5.41, 5.74) is 0.621. The summed E-state index contributed by atoms with van der Waals surface area (Å²) in [5.74, 6) is 0.0728. The van der Waals surface area contributed by atoms with Gasteiger partial charge in [0.2, 0.25) is 0 Å². The zero-order valence-corrected chi connectivity index (χ0v) is 12.5. The lowest BCUT2D eigenvalue weighted by Crippen LogP contribution is -2.30. The monoisotopic (exact) mass is 281 g/mol. The lowest BCUT2D eigenvalue weighted by Gasteiger charge is -2.23. The third-order valence-corrected chi connectivity index (χ3v) is 2.87. The average Bonchev–Trinajstić information content (AvgIpc) is 2.42. The van der Waals surface area contributed by atoms with E-state index in [2.05, 4.69) is 16.9 Å². The van der Waals surface area contributed by atoms with Gasteiger partial charge in [-0.3, -0.25) is 0 Å². The molecule has 1 aromatic heterocycles. The van der Waals surface area contributed by atoms with E-state index in [1.165, 1.54) is 0 Å². The Morgan fingerprint density at radius 3 is 2.90 bits per heavy atom. The molecule has 20 heavy (non-hydrogen) atoms. The Bertz CT molecular complexity index is 424.